The molecular weight excluding hydrogens is 313 g/mol. The Bertz CT molecular complexity index is 471. The monoisotopic (exact) mass is 325 g/mol. The molecule has 0 amide bonds. The molecule has 3 N–H and O–H groups in total. The zero-order valence-corrected chi connectivity index (χ0v) is 10.8. The van der Waals surface area contributed by atoms with Crippen molar-refractivity contribution in [2.24, 2.45) is 0 Å². The fourth-order valence-corrected chi connectivity index (χ4v) is 2.09. The normalized spacial score (nSPS) is 10.1. The predicted octanol–water partition coefficient (Wildman–Crippen LogP) is 2.88. The lowest BCUT2D eigenvalue weighted by molar-refractivity contribution is 1.04. The molecule has 0 aliphatic heterocycles. The molecule has 82 valence electrons. The number of nitrogen functional groups attached to an aromatic ring is 1. The number of hydrogen-bond acceptors (Lipinski definition) is 3. The Morgan fingerprint density at radius 2 is 2.12 bits per heavy atom. The third-order valence-electron chi connectivity index (χ3n) is 2.18. The van der Waals surface area contributed by atoms with E-state index >= 15 is 0 Å². The summed E-state index contributed by atoms with van der Waals surface area (Å²) in [6, 6.07) is 11.7. The van der Waals surface area contributed by atoms with Crippen LogP contribution in [0.15, 0.2) is 42.6 Å². The van der Waals surface area contributed by atoms with Crippen LogP contribution in [0, 0.1) is 3.57 Å². The highest BCUT2D eigenvalue weighted by Gasteiger charge is 1.99. The highest BCUT2D eigenvalue weighted by molar-refractivity contribution is 14.1. The summed E-state index contributed by atoms with van der Waals surface area (Å²) in [6.07, 6.45) is 1.80. The number of halogens is 1. The van der Waals surface area contributed by atoms with Gasteiger partial charge in [0.25, 0.3) is 0 Å². The van der Waals surface area contributed by atoms with Gasteiger partial charge in [-0.1, -0.05) is 6.07 Å². The van der Waals surface area contributed by atoms with Gasteiger partial charge >= 0.3 is 0 Å². The molecular formula is C12H12IN3. The number of aromatic nitrogens is 1. The SMILES string of the molecule is Nc1ccc(NCc2ccccn2)c(I)c1. The number of anilines is 2. The van der Waals surface area contributed by atoms with Gasteiger partial charge in [0.15, 0.2) is 0 Å². The van der Waals surface area contributed by atoms with Crippen LogP contribution in [0.1, 0.15) is 5.69 Å². The van der Waals surface area contributed by atoms with Gasteiger partial charge in [0.2, 0.25) is 0 Å². The molecule has 0 saturated carbocycles. The Balaban J connectivity index is 2.05. The molecule has 0 aliphatic carbocycles. The van der Waals surface area contributed by atoms with Gasteiger partial charge < -0.3 is 11.1 Å². The Morgan fingerprint density at radius 1 is 1.25 bits per heavy atom. The van der Waals surface area contributed by atoms with Crippen LogP contribution in [0.25, 0.3) is 0 Å². The number of nitrogens with one attached hydrogen (secondary N) is 1. The number of hydrogen-bond donors (Lipinski definition) is 2. The van der Waals surface area contributed by atoms with Crippen molar-refractivity contribution in [3.63, 3.8) is 0 Å². The van der Waals surface area contributed by atoms with E-state index in [1.807, 2.05) is 36.4 Å². The fraction of sp³-hybridized carbons (Fsp3) is 0.0833. The summed E-state index contributed by atoms with van der Waals surface area (Å²) >= 11 is 2.27. The maximum Gasteiger partial charge on any atom is 0.0594 e. The largest absolute Gasteiger partial charge is 0.399 e. The highest BCUT2D eigenvalue weighted by atomic mass is 127. The Hall–Kier alpha value is -1.30. The summed E-state index contributed by atoms with van der Waals surface area (Å²) in [5.41, 5.74) is 8.58. The van der Waals surface area contributed by atoms with Gasteiger partial charge in [-0.3, -0.25) is 4.98 Å². The van der Waals surface area contributed by atoms with Crippen LogP contribution in [-0.4, -0.2) is 4.98 Å². The topological polar surface area (TPSA) is 50.9 Å². The lowest BCUT2D eigenvalue weighted by atomic mass is 10.2. The van der Waals surface area contributed by atoms with E-state index in [1.54, 1.807) is 6.20 Å². The first-order valence-corrected chi connectivity index (χ1v) is 6.02. The smallest absolute Gasteiger partial charge is 0.0594 e. The first-order chi connectivity index (χ1) is 7.75. The second-order valence-electron chi connectivity index (χ2n) is 3.41. The molecule has 1 aromatic heterocycles. The summed E-state index contributed by atoms with van der Waals surface area (Å²) in [6.45, 7) is 0.723. The van der Waals surface area contributed by atoms with Crippen LogP contribution in [0.5, 0.6) is 0 Å². The zero-order chi connectivity index (χ0) is 11.4. The minimum Gasteiger partial charge on any atom is -0.399 e. The van der Waals surface area contributed by atoms with Gasteiger partial charge in [-0.15, -0.1) is 0 Å². The van der Waals surface area contributed by atoms with E-state index in [0.717, 1.165) is 27.2 Å². The summed E-state index contributed by atoms with van der Waals surface area (Å²) < 4.78 is 1.12. The number of rotatable bonds is 3. The average Bonchev–Trinajstić information content (AvgIpc) is 2.29. The van der Waals surface area contributed by atoms with Gasteiger partial charge in [-0.25, -0.2) is 0 Å². The number of nitrogens with zero attached hydrogens (tertiary/aromatic N) is 1. The molecule has 0 unspecified atom stereocenters. The van der Waals surface area contributed by atoms with Crippen LogP contribution < -0.4 is 11.1 Å². The van der Waals surface area contributed by atoms with Gasteiger partial charge in [-0.2, -0.15) is 0 Å². The molecule has 0 fully saturated rings. The van der Waals surface area contributed by atoms with Crippen molar-refractivity contribution >= 4 is 34.0 Å². The van der Waals surface area contributed by atoms with Gasteiger partial charge in [0.1, 0.15) is 0 Å². The second kappa shape index (κ2) is 5.16. The van der Waals surface area contributed by atoms with Crippen molar-refractivity contribution in [1.29, 1.82) is 0 Å². The molecule has 0 radical (unpaired) electrons. The lowest BCUT2D eigenvalue weighted by Crippen LogP contribution is -2.02. The van der Waals surface area contributed by atoms with Crippen molar-refractivity contribution in [2.45, 2.75) is 6.54 Å². The van der Waals surface area contributed by atoms with E-state index in [1.165, 1.54) is 0 Å². The maximum absolute atomic E-state index is 5.69. The van der Waals surface area contributed by atoms with Crippen LogP contribution in [0.4, 0.5) is 11.4 Å². The molecule has 2 aromatic rings. The second-order valence-corrected chi connectivity index (χ2v) is 4.58. The Morgan fingerprint density at radius 3 is 2.81 bits per heavy atom. The Kier molecular flexibility index (Phi) is 3.61. The van der Waals surface area contributed by atoms with Crippen molar-refractivity contribution < 1.29 is 0 Å². The third-order valence-corrected chi connectivity index (χ3v) is 3.07. The minimum absolute atomic E-state index is 0.723. The van der Waals surface area contributed by atoms with E-state index < -0.39 is 0 Å². The number of nitrogens with two attached hydrogens (primary N) is 1. The van der Waals surface area contributed by atoms with Crippen LogP contribution in [-0.2, 0) is 6.54 Å². The third kappa shape index (κ3) is 2.85. The molecule has 4 heteroatoms. The standard InChI is InChI=1S/C12H12IN3/c13-11-7-9(14)4-5-12(11)16-8-10-3-1-2-6-15-10/h1-7,16H,8,14H2. The summed E-state index contributed by atoms with van der Waals surface area (Å²) in [7, 11) is 0. The molecule has 0 bridgehead atoms. The van der Waals surface area contributed by atoms with E-state index in [-0.39, 0.29) is 0 Å². The zero-order valence-electron chi connectivity index (χ0n) is 8.65. The molecule has 16 heavy (non-hydrogen) atoms. The van der Waals surface area contributed by atoms with Crippen LogP contribution >= 0.6 is 22.6 Å². The molecule has 1 heterocycles. The predicted molar refractivity (Wildman–Crippen MR) is 75.1 cm³/mol. The van der Waals surface area contributed by atoms with E-state index in [2.05, 4.69) is 32.9 Å². The quantitative estimate of drug-likeness (QED) is 0.674. The fourth-order valence-electron chi connectivity index (χ4n) is 1.36. The molecule has 2 rings (SSSR count). The number of benzene rings is 1. The molecule has 1 aromatic carbocycles. The Labute approximate surface area is 108 Å². The van der Waals surface area contributed by atoms with Gasteiger partial charge in [-0.05, 0) is 52.9 Å². The first kappa shape index (κ1) is 11.2. The van der Waals surface area contributed by atoms with Crippen molar-refractivity contribution in [3.8, 4) is 0 Å². The molecule has 0 saturated heterocycles. The van der Waals surface area contributed by atoms with E-state index in [9.17, 15) is 0 Å². The summed E-state index contributed by atoms with van der Waals surface area (Å²) in [5, 5.41) is 3.33. The van der Waals surface area contributed by atoms with Crippen molar-refractivity contribution in [3.05, 3.63) is 51.9 Å². The van der Waals surface area contributed by atoms with E-state index in [0.29, 0.717) is 0 Å². The van der Waals surface area contributed by atoms with Crippen LogP contribution in [0.3, 0.4) is 0 Å². The summed E-state index contributed by atoms with van der Waals surface area (Å²) in [4.78, 5) is 4.25. The molecule has 0 spiro atoms. The molecule has 3 nitrogen and oxygen atoms in total. The van der Waals surface area contributed by atoms with Crippen LogP contribution in [0.2, 0.25) is 0 Å². The average molecular weight is 325 g/mol. The van der Waals surface area contributed by atoms with Crippen molar-refractivity contribution in [1.82, 2.24) is 4.98 Å². The maximum atomic E-state index is 5.69. The molecule has 0 aliphatic rings. The minimum atomic E-state index is 0.723. The summed E-state index contributed by atoms with van der Waals surface area (Å²) in [5.74, 6) is 0. The van der Waals surface area contributed by atoms with Gasteiger partial charge in [0.05, 0.1) is 12.2 Å². The van der Waals surface area contributed by atoms with E-state index in [4.69, 9.17) is 5.73 Å². The first-order valence-electron chi connectivity index (χ1n) is 4.94. The van der Waals surface area contributed by atoms with Gasteiger partial charge in [0, 0.05) is 21.1 Å². The number of pyridine rings is 1. The molecule has 0 atom stereocenters. The highest BCUT2D eigenvalue weighted by Crippen LogP contribution is 2.21. The van der Waals surface area contributed by atoms with Crippen molar-refractivity contribution in [2.75, 3.05) is 11.1 Å². The lowest BCUT2D eigenvalue weighted by Gasteiger charge is -2.08.